The highest BCUT2D eigenvalue weighted by molar-refractivity contribution is 4.90. The molecule has 1 aliphatic heterocycles. The monoisotopic (exact) mass is 112 g/mol. The number of rotatable bonds is 1. The third-order valence-corrected chi connectivity index (χ3v) is 1.00. The highest BCUT2D eigenvalue weighted by atomic mass is 16.6. The number of aromatic amines is 1. The maximum absolute atomic E-state index is 4.88. The zero-order valence-electron chi connectivity index (χ0n) is 4.03. The van der Waals surface area contributed by atoms with E-state index >= 15 is 0 Å². The van der Waals surface area contributed by atoms with Crippen molar-refractivity contribution in [2.24, 2.45) is 0 Å². The van der Waals surface area contributed by atoms with Gasteiger partial charge in [-0.3, -0.25) is 0 Å². The third kappa shape index (κ3) is 0.481. The lowest BCUT2D eigenvalue weighted by Crippen LogP contribution is -1.81. The average molecular weight is 112 g/mol. The molecule has 1 aromatic heterocycles. The fraction of sp³-hybridized carbons (Fsp3) is 0.667. The first-order valence-corrected chi connectivity index (χ1v) is 2.32. The van der Waals surface area contributed by atoms with Gasteiger partial charge in [0.2, 0.25) is 0 Å². The van der Waals surface area contributed by atoms with Crippen molar-refractivity contribution >= 4 is 0 Å². The van der Waals surface area contributed by atoms with E-state index in [-0.39, 0.29) is 6.10 Å². The van der Waals surface area contributed by atoms with Crippen LogP contribution >= 0.6 is 0 Å². The molecule has 1 saturated heterocycles. The smallest absolute Gasteiger partial charge is 0.180 e. The molecular formula is C3H4N4O. The van der Waals surface area contributed by atoms with Crippen LogP contribution in [0.25, 0.3) is 0 Å². The molecule has 1 N–H and O–H groups in total. The summed E-state index contributed by atoms with van der Waals surface area (Å²) >= 11 is 0. The number of hydrogen-bond donors (Lipinski definition) is 1. The molecule has 5 nitrogen and oxygen atoms in total. The van der Waals surface area contributed by atoms with E-state index in [4.69, 9.17) is 4.74 Å². The number of H-pyrrole nitrogens is 1. The van der Waals surface area contributed by atoms with Crippen molar-refractivity contribution in [1.82, 2.24) is 20.6 Å². The van der Waals surface area contributed by atoms with Gasteiger partial charge in [-0.15, -0.1) is 5.10 Å². The van der Waals surface area contributed by atoms with Gasteiger partial charge in [0.05, 0.1) is 6.61 Å². The van der Waals surface area contributed by atoms with Crippen LogP contribution in [0.3, 0.4) is 0 Å². The number of hydrogen-bond acceptors (Lipinski definition) is 4. The minimum Gasteiger partial charge on any atom is -0.365 e. The predicted octanol–water partition coefficient (Wildman–Crippen LogP) is -0.729. The summed E-state index contributed by atoms with van der Waals surface area (Å²) in [5.41, 5.74) is 0. The quantitative estimate of drug-likeness (QED) is 0.486. The lowest BCUT2D eigenvalue weighted by molar-refractivity contribution is 0.406. The first-order valence-electron chi connectivity index (χ1n) is 2.32. The van der Waals surface area contributed by atoms with Crippen LogP contribution in [0.4, 0.5) is 0 Å². The second-order valence-electron chi connectivity index (χ2n) is 1.61. The largest absolute Gasteiger partial charge is 0.365 e. The summed E-state index contributed by atoms with van der Waals surface area (Å²) in [5.74, 6) is 0.727. The zero-order valence-corrected chi connectivity index (χ0v) is 4.03. The Hall–Kier alpha value is -0.970. The van der Waals surface area contributed by atoms with Crippen molar-refractivity contribution in [3.05, 3.63) is 5.82 Å². The van der Waals surface area contributed by atoms with Crippen molar-refractivity contribution in [3.63, 3.8) is 0 Å². The van der Waals surface area contributed by atoms with Crippen LogP contribution in [0.1, 0.15) is 11.9 Å². The van der Waals surface area contributed by atoms with Gasteiger partial charge in [-0.25, -0.2) is 5.10 Å². The van der Waals surface area contributed by atoms with Gasteiger partial charge in [-0.05, 0) is 10.4 Å². The highest BCUT2D eigenvalue weighted by Gasteiger charge is 2.27. The highest BCUT2D eigenvalue weighted by Crippen LogP contribution is 2.24. The summed E-state index contributed by atoms with van der Waals surface area (Å²) in [6, 6.07) is 0. The molecule has 0 aliphatic carbocycles. The minimum absolute atomic E-state index is 0.144. The molecule has 0 bridgehead atoms. The number of nitrogens with zero attached hydrogens (tertiary/aromatic N) is 3. The molecule has 42 valence electrons. The van der Waals surface area contributed by atoms with Crippen molar-refractivity contribution in [2.45, 2.75) is 6.10 Å². The van der Waals surface area contributed by atoms with Gasteiger partial charge in [-0.1, -0.05) is 0 Å². The fourth-order valence-electron chi connectivity index (χ4n) is 0.509. The molecule has 0 aromatic carbocycles. The molecule has 0 amide bonds. The van der Waals surface area contributed by atoms with Gasteiger partial charge in [0.1, 0.15) is 6.10 Å². The summed E-state index contributed by atoms with van der Waals surface area (Å²) in [6.07, 6.45) is 0.144. The van der Waals surface area contributed by atoms with Crippen molar-refractivity contribution in [1.29, 1.82) is 0 Å². The van der Waals surface area contributed by atoms with Crippen LogP contribution in [0.15, 0.2) is 0 Å². The molecule has 8 heavy (non-hydrogen) atoms. The molecule has 5 heteroatoms. The van der Waals surface area contributed by atoms with E-state index in [1.807, 2.05) is 0 Å². The summed E-state index contributed by atoms with van der Waals surface area (Å²) < 4.78 is 4.88. The van der Waals surface area contributed by atoms with E-state index in [2.05, 4.69) is 20.6 Å². The standard InChI is InChI=1S/C3H4N4O/c1-2(8-1)3-4-6-7-5-3/h2H,1H2,(H,4,5,6,7). The van der Waals surface area contributed by atoms with E-state index in [1.54, 1.807) is 0 Å². The van der Waals surface area contributed by atoms with Crippen LogP contribution < -0.4 is 0 Å². The molecule has 1 aromatic rings. The Morgan fingerprint density at radius 1 is 1.75 bits per heavy atom. The maximum atomic E-state index is 4.88. The van der Waals surface area contributed by atoms with E-state index in [0.717, 1.165) is 12.4 Å². The Bertz CT molecular complexity index is 167. The summed E-state index contributed by atoms with van der Waals surface area (Å²) in [5, 5.41) is 13.0. The first-order chi connectivity index (χ1) is 3.97. The first kappa shape index (κ1) is 3.96. The SMILES string of the molecule is C1OC1c1nnn[nH]1. The maximum Gasteiger partial charge on any atom is 0.180 e. The molecule has 0 radical (unpaired) electrons. The van der Waals surface area contributed by atoms with Gasteiger partial charge >= 0.3 is 0 Å². The minimum atomic E-state index is 0.144. The molecule has 2 heterocycles. The number of nitrogens with one attached hydrogen (secondary N) is 1. The molecule has 0 saturated carbocycles. The molecule has 1 unspecified atom stereocenters. The molecule has 1 atom stereocenters. The fourth-order valence-corrected chi connectivity index (χ4v) is 0.509. The van der Waals surface area contributed by atoms with E-state index in [1.165, 1.54) is 0 Å². The van der Waals surface area contributed by atoms with Crippen LogP contribution in [-0.2, 0) is 4.74 Å². The van der Waals surface area contributed by atoms with Crippen LogP contribution in [-0.4, -0.2) is 27.2 Å². The van der Waals surface area contributed by atoms with Crippen LogP contribution in [0.2, 0.25) is 0 Å². The van der Waals surface area contributed by atoms with E-state index < -0.39 is 0 Å². The topological polar surface area (TPSA) is 67.0 Å². The number of epoxide rings is 1. The Morgan fingerprint density at radius 3 is 3.12 bits per heavy atom. The van der Waals surface area contributed by atoms with E-state index in [9.17, 15) is 0 Å². The predicted molar refractivity (Wildman–Crippen MR) is 22.9 cm³/mol. The van der Waals surface area contributed by atoms with Crippen molar-refractivity contribution in [2.75, 3.05) is 6.61 Å². The third-order valence-electron chi connectivity index (χ3n) is 1.00. The van der Waals surface area contributed by atoms with Crippen LogP contribution in [0.5, 0.6) is 0 Å². The second kappa shape index (κ2) is 1.25. The van der Waals surface area contributed by atoms with Gasteiger partial charge in [0, 0.05) is 0 Å². The Morgan fingerprint density at radius 2 is 2.62 bits per heavy atom. The summed E-state index contributed by atoms with van der Waals surface area (Å²) in [7, 11) is 0. The lowest BCUT2D eigenvalue weighted by Gasteiger charge is -1.75. The molecule has 0 spiro atoms. The van der Waals surface area contributed by atoms with Gasteiger partial charge in [0.15, 0.2) is 5.82 Å². The van der Waals surface area contributed by atoms with E-state index in [0.29, 0.717) is 0 Å². The molecule has 1 aliphatic rings. The number of aromatic nitrogens is 4. The van der Waals surface area contributed by atoms with Crippen molar-refractivity contribution < 1.29 is 4.74 Å². The van der Waals surface area contributed by atoms with Crippen molar-refractivity contribution in [3.8, 4) is 0 Å². The molecular weight excluding hydrogens is 108 g/mol. The van der Waals surface area contributed by atoms with Gasteiger partial charge in [0.25, 0.3) is 0 Å². The van der Waals surface area contributed by atoms with Gasteiger partial charge < -0.3 is 4.74 Å². The zero-order chi connectivity index (χ0) is 5.40. The number of tetrazole rings is 1. The summed E-state index contributed by atoms with van der Waals surface area (Å²) in [4.78, 5) is 0. The molecule has 1 fully saturated rings. The Balaban J connectivity index is 2.28. The van der Waals surface area contributed by atoms with Gasteiger partial charge in [-0.2, -0.15) is 0 Å². The number of ether oxygens (including phenoxy) is 1. The second-order valence-corrected chi connectivity index (χ2v) is 1.61. The Labute approximate surface area is 45.0 Å². The Kier molecular flexibility index (Phi) is 0.621. The molecule has 2 rings (SSSR count). The normalized spacial score (nSPS) is 25.8. The average Bonchev–Trinajstić information content (AvgIpc) is 2.49. The lowest BCUT2D eigenvalue weighted by atomic mass is 10.5. The van der Waals surface area contributed by atoms with Crippen LogP contribution in [0, 0.1) is 0 Å². The summed E-state index contributed by atoms with van der Waals surface area (Å²) in [6.45, 7) is 0.747.